The molecular formula is C15H23N3O. The van der Waals surface area contributed by atoms with Crippen LogP contribution in [-0.2, 0) is 0 Å². The second-order valence-corrected chi connectivity index (χ2v) is 5.48. The van der Waals surface area contributed by atoms with Gasteiger partial charge in [-0.3, -0.25) is 4.79 Å². The van der Waals surface area contributed by atoms with E-state index in [-0.39, 0.29) is 11.9 Å². The zero-order chi connectivity index (χ0) is 14.0. The van der Waals surface area contributed by atoms with Gasteiger partial charge in [0.15, 0.2) is 0 Å². The van der Waals surface area contributed by atoms with Gasteiger partial charge in [-0.15, -0.1) is 0 Å². The molecule has 1 aliphatic rings. The van der Waals surface area contributed by atoms with E-state index in [4.69, 9.17) is 0 Å². The Bertz CT molecular complexity index is 470. The quantitative estimate of drug-likeness (QED) is 0.879. The van der Waals surface area contributed by atoms with Crippen LogP contribution in [0.1, 0.15) is 31.1 Å². The van der Waals surface area contributed by atoms with Crippen LogP contribution in [0.25, 0.3) is 0 Å². The van der Waals surface area contributed by atoms with E-state index in [0.29, 0.717) is 5.92 Å². The number of nitrogens with one attached hydrogen (secondary N) is 2. The number of para-hydroxylation sites is 1. The summed E-state index contributed by atoms with van der Waals surface area (Å²) in [6, 6.07) is 6.05. The third-order valence-electron chi connectivity index (χ3n) is 3.93. The first kappa shape index (κ1) is 13.7. The summed E-state index contributed by atoms with van der Waals surface area (Å²) < 4.78 is 0. The molecule has 1 heterocycles. The van der Waals surface area contributed by atoms with Crippen LogP contribution in [0.2, 0.25) is 0 Å². The first-order valence-corrected chi connectivity index (χ1v) is 6.90. The van der Waals surface area contributed by atoms with Crippen LogP contribution in [0, 0.1) is 5.92 Å². The molecule has 0 saturated heterocycles. The maximum absolute atomic E-state index is 12.6. The van der Waals surface area contributed by atoms with Gasteiger partial charge in [0.1, 0.15) is 0 Å². The minimum absolute atomic E-state index is 0.0780. The van der Waals surface area contributed by atoms with Crippen molar-refractivity contribution < 1.29 is 4.79 Å². The summed E-state index contributed by atoms with van der Waals surface area (Å²) in [7, 11) is 1.88. The van der Waals surface area contributed by atoms with Gasteiger partial charge < -0.3 is 15.5 Å². The van der Waals surface area contributed by atoms with Crippen molar-refractivity contribution in [2.45, 2.75) is 26.8 Å². The Morgan fingerprint density at radius 2 is 1.89 bits per heavy atom. The number of carbonyl (C=O) groups excluding carboxylic acids is 1. The van der Waals surface area contributed by atoms with Crippen LogP contribution in [0.5, 0.6) is 0 Å². The van der Waals surface area contributed by atoms with E-state index in [1.807, 2.05) is 30.1 Å². The lowest BCUT2D eigenvalue weighted by molar-refractivity contribution is 0.0708. The predicted octanol–water partition coefficient (Wildman–Crippen LogP) is 2.64. The summed E-state index contributed by atoms with van der Waals surface area (Å²) in [4.78, 5) is 14.5. The van der Waals surface area contributed by atoms with Crippen LogP contribution < -0.4 is 10.6 Å². The maximum atomic E-state index is 12.6. The van der Waals surface area contributed by atoms with E-state index in [1.54, 1.807) is 0 Å². The van der Waals surface area contributed by atoms with E-state index >= 15 is 0 Å². The highest BCUT2D eigenvalue weighted by Gasteiger charge is 2.24. The molecule has 104 valence electrons. The number of hydrogen-bond donors (Lipinski definition) is 2. The fourth-order valence-electron chi connectivity index (χ4n) is 2.28. The summed E-state index contributed by atoms with van der Waals surface area (Å²) in [5, 5.41) is 6.64. The van der Waals surface area contributed by atoms with E-state index < -0.39 is 0 Å². The third kappa shape index (κ3) is 2.67. The number of rotatable bonds is 3. The van der Waals surface area contributed by atoms with Gasteiger partial charge in [0.25, 0.3) is 5.91 Å². The molecule has 0 aromatic heterocycles. The molecule has 1 unspecified atom stereocenters. The van der Waals surface area contributed by atoms with E-state index in [2.05, 4.69) is 31.4 Å². The molecule has 19 heavy (non-hydrogen) atoms. The molecule has 1 aromatic carbocycles. The lowest BCUT2D eigenvalue weighted by atomic mass is 10.0. The Balaban J connectivity index is 2.29. The number of benzene rings is 1. The number of nitrogens with zero attached hydrogens (tertiary/aromatic N) is 1. The van der Waals surface area contributed by atoms with Crippen molar-refractivity contribution in [3.63, 3.8) is 0 Å². The number of hydrogen-bond acceptors (Lipinski definition) is 3. The number of fused-ring (bicyclic) bond motifs is 1. The van der Waals surface area contributed by atoms with Gasteiger partial charge in [0, 0.05) is 26.2 Å². The SMILES string of the molecule is CC(C)C(C)N(C)C(=O)c1cccc2c1NCCN2. The van der Waals surface area contributed by atoms with Gasteiger partial charge in [-0.1, -0.05) is 19.9 Å². The van der Waals surface area contributed by atoms with Crippen LogP contribution in [0.3, 0.4) is 0 Å². The largest absolute Gasteiger partial charge is 0.382 e. The van der Waals surface area contributed by atoms with Crippen LogP contribution in [-0.4, -0.2) is 37.0 Å². The smallest absolute Gasteiger partial charge is 0.256 e. The minimum atomic E-state index is 0.0780. The zero-order valence-electron chi connectivity index (χ0n) is 12.2. The van der Waals surface area contributed by atoms with E-state index in [1.165, 1.54) is 0 Å². The molecule has 0 spiro atoms. The summed E-state index contributed by atoms with van der Waals surface area (Å²) in [6.45, 7) is 8.09. The van der Waals surface area contributed by atoms with Crippen molar-refractivity contribution in [3.8, 4) is 0 Å². The van der Waals surface area contributed by atoms with Crippen LogP contribution >= 0.6 is 0 Å². The number of anilines is 2. The van der Waals surface area contributed by atoms with Gasteiger partial charge in [0.05, 0.1) is 16.9 Å². The average molecular weight is 261 g/mol. The summed E-state index contributed by atoms with van der Waals surface area (Å²) in [6.07, 6.45) is 0. The van der Waals surface area contributed by atoms with Crippen molar-refractivity contribution in [1.29, 1.82) is 0 Å². The molecule has 0 bridgehead atoms. The molecule has 0 saturated carbocycles. The Hall–Kier alpha value is -1.71. The van der Waals surface area contributed by atoms with Crippen molar-refractivity contribution in [2.75, 3.05) is 30.8 Å². The molecule has 0 radical (unpaired) electrons. The minimum Gasteiger partial charge on any atom is -0.382 e. The number of carbonyl (C=O) groups is 1. The molecule has 0 aliphatic carbocycles. The second kappa shape index (κ2) is 5.51. The molecule has 2 rings (SSSR count). The Labute approximate surface area is 115 Å². The lowest BCUT2D eigenvalue weighted by Crippen LogP contribution is -2.39. The van der Waals surface area contributed by atoms with Crippen LogP contribution in [0.15, 0.2) is 18.2 Å². The molecule has 4 nitrogen and oxygen atoms in total. The summed E-state index contributed by atoms with van der Waals surface area (Å²) >= 11 is 0. The van der Waals surface area contributed by atoms with Crippen LogP contribution in [0.4, 0.5) is 11.4 Å². The summed E-state index contributed by atoms with van der Waals surface area (Å²) in [5.74, 6) is 0.522. The molecule has 1 aliphatic heterocycles. The standard InChI is InChI=1S/C15H23N3O/c1-10(2)11(3)18(4)15(19)12-6-5-7-13-14(12)17-9-8-16-13/h5-7,10-11,16-17H,8-9H2,1-4H3. The number of amides is 1. The van der Waals surface area contributed by atoms with Gasteiger partial charge in [-0.2, -0.15) is 0 Å². The fourth-order valence-corrected chi connectivity index (χ4v) is 2.28. The Kier molecular flexibility index (Phi) is 3.98. The zero-order valence-corrected chi connectivity index (χ0v) is 12.2. The van der Waals surface area contributed by atoms with Gasteiger partial charge in [-0.05, 0) is 25.0 Å². The molecule has 1 atom stereocenters. The maximum Gasteiger partial charge on any atom is 0.256 e. The van der Waals surface area contributed by atoms with Gasteiger partial charge in [-0.25, -0.2) is 0 Å². The first-order valence-electron chi connectivity index (χ1n) is 6.90. The van der Waals surface area contributed by atoms with Gasteiger partial charge in [0.2, 0.25) is 0 Å². The van der Waals surface area contributed by atoms with Crippen molar-refractivity contribution in [2.24, 2.45) is 5.92 Å². The Morgan fingerprint density at radius 1 is 1.21 bits per heavy atom. The lowest BCUT2D eigenvalue weighted by Gasteiger charge is -2.30. The first-order chi connectivity index (χ1) is 9.02. The average Bonchev–Trinajstić information content (AvgIpc) is 2.44. The predicted molar refractivity (Wildman–Crippen MR) is 79.8 cm³/mol. The summed E-state index contributed by atoms with van der Waals surface area (Å²) in [5.41, 5.74) is 2.70. The molecule has 4 heteroatoms. The van der Waals surface area contributed by atoms with Crippen molar-refractivity contribution in [1.82, 2.24) is 4.90 Å². The molecular weight excluding hydrogens is 238 g/mol. The fraction of sp³-hybridized carbons (Fsp3) is 0.533. The van der Waals surface area contributed by atoms with Crippen molar-refractivity contribution in [3.05, 3.63) is 23.8 Å². The normalized spacial score (nSPS) is 15.2. The highest BCUT2D eigenvalue weighted by atomic mass is 16.2. The third-order valence-corrected chi connectivity index (χ3v) is 3.93. The van der Waals surface area contributed by atoms with E-state index in [0.717, 1.165) is 30.0 Å². The molecule has 1 amide bonds. The molecule has 2 N–H and O–H groups in total. The topological polar surface area (TPSA) is 44.4 Å². The Morgan fingerprint density at radius 3 is 2.58 bits per heavy atom. The second-order valence-electron chi connectivity index (χ2n) is 5.48. The van der Waals surface area contributed by atoms with E-state index in [9.17, 15) is 4.79 Å². The van der Waals surface area contributed by atoms with Crippen molar-refractivity contribution >= 4 is 17.3 Å². The van der Waals surface area contributed by atoms with Gasteiger partial charge >= 0.3 is 0 Å². The highest BCUT2D eigenvalue weighted by Crippen LogP contribution is 2.29. The highest BCUT2D eigenvalue weighted by molar-refractivity contribution is 6.02. The molecule has 0 fully saturated rings. The monoisotopic (exact) mass is 261 g/mol. The molecule has 1 aromatic rings.